The standard InChI is InChI=1S/C15H19NO/c1-16-11-5-9-15(10-6-12-17-15)14(16)13-7-3-2-4-8-13/h2-4,6-8,10,14H,5,9,11-12H2,1H3/t14-,15+/m0/s1. The molecule has 2 aliphatic rings. The number of rotatable bonds is 1. The predicted molar refractivity (Wildman–Crippen MR) is 68.9 cm³/mol. The first-order chi connectivity index (χ1) is 8.32. The highest BCUT2D eigenvalue weighted by molar-refractivity contribution is 5.28. The van der Waals surface area contributed by atoms with Crippen LogP contribution in [0.4, 0.5) is 0 Å². The van der Waals surface area contributed by atoms with Gasteiger partial charge in [0.15, 0.2) is 0 Å². The molecule has 2 nitrogen and oxygen atoms in total. The second-order valence-corrected chi connectivity index (χ2v) is 5.07. The summed E-state index contributed by atoms with van der Waals surface area (Å²) in [5, 5.41) is 0. The highest BCUT2D eigenvalue weighted by Crippen LogP contribution is 2.43. The Balaban J connectivity index is 2.00. The third-order valence-corrected chi connectivity index (χ3v) is 3.95. The van der Waals surface area contributed by atoms with Crippen LogP contribution >= 0.6 is 0 Å². The Labute approximate surface area is 103 Å². The van der Waals surface area contributed by atoms with Gasteiger partial charge in [0.25, 0.3) is 0 Å². The van der Waals surface area contributed by atoms with Crippen LogP contribution in [-0.4, -0.2) is 30.7 Å². The van der Waals surface area contributed by atoms with E-state index < -0.39 is 0 Å². The minimum atomic E-state index is -0.0889. The minimum absolute atomic E-state index is 0.0889. The molecule has 1 aromatic rings. The van der Waals surface area contributed by atoms with Gasteiger partial charge in [0, 0.05) is 0 Å². The second kappa shape index (κ2) is 4.28. The van der Waals surface area contributed by atoms with Gasteiger partial charge >= 0.3 is 0 Å². The molecule has 1 aromatic carbocycles. The summed E-state index contributed by atoms with van der Waals surface area (Å²) in [6.07, 6.45) is 6.78. The molecular weight excluding hydrogens is 210 g/mol. The third kappa shape index (κ3) is 1.81. The smallest absolute Gasteiger partial charge is 0.106 e. The highest BCUT2D eigenvalue weighted by Gasteiger charge is 2.44. The van der Waals surface area contributed by atoms with Crippen molar-refractivity contribution in [3.8, 4) is 0 Å². The lowest BCUT2D eigenvalue weighted by molar-refractivity contribution is -0.0702. The van der Waals surface area contributed by atoms with E-state index in [-0.39, 0.29) is 5.60 Å². The van der Waals surface area contributed by atoms with E-state index >= 15 is 0 Å². The molecule has 3 rings (SSSR count). The zero-order valence-electron chi connectivity index (χ0n) is 10.3. The molecule has 17 heavy (non-hydrogen) atoms. The van der Waals surface area contributed by atoms with Crippen molar-refractivity contribution in [2.24, 2.45) is 0 Å². The largest absolute Gasteiger partial charge is 0.365 e. The van der Waals surface area contributed by atoms with Crippen molar-refractivity contribution in [3.05, 3.63) is 48.0 Å². The maximum Gasteiger partial charge on any atom is 0.106 e. The van der Waals surface area contributed by atoms with Crippen LogP contribution in [0.25, 0.3) is 0 Å². The van der Waals surface area contributed by atoms with Crippen molar-refractivity contribution < 1.29 is 4.74 Å². The summed E-state index contributed by atoms with van der Waals surface area (Å²) in [7, 11) is 2.20. The molecular formula is C15H19NO. The average molecular weight is 229 g/mol. The van der Waals surface area contributed by atoms with Crippen molar-refractivity contribution in [2.45, 2.75) is 24.5 Å². The number of ether oxygens (including phenoxy) is 1. The number of nitrogens with zero attached hydrogens (tertiary/aromatic N) is 1. The van der Waals surface area contributed by atoms with Gasteiger partial charge in [-0.2, -0.15) is 0 Å². The Kier molecular flexibility index (Phi) is 2.77. The van der Waals surface area contributed by atoms with E-state index in [9.17, 15) is 0 Å². The average Bonchev–Trinajstić information content (AvgIpc) is 2.79. The molecule has 0 N–H and O–H groups in total. The molecule has 1 spiro atoms. The van der Waals surface area contributed by atoms with E-state index in [1.807, 2.05) is 0 Å². The lowest BCUT2D eigenvalue weighted by atomic mass is 9.81. The van der Waals surface area contributed by atoms with Crippen LogP contribution in [-0.2, 0) is 4.74 Å². The first-order valence-corrected chi connectivity index (χ1v) is 6.39. The number of likely N-dealkylation sites (N-methyl/N-ethyl adjacent to an activating group) is 1. The molecule has 0 aromatic heterocycles. The van der Waals surface area contributed by atoms with Crippen molar-refractivity contribution in [3.63, 3.8) is 0 Å². The molecule has 2 heteroatoms. The molecule has 0 radical (unpaired) electrons. The lowest BCUT2D eigenvalue weighted by Gasteiger charge is -2.45. The van der Waals surface area contributed by atoms with E-state index in [2.05, 4.69) is 54.4 Å². The predicted octanol–water partition coefficient (Wildman–Crippen LogP) is 2.78. The van der Waals surface area contributed by atoms with Gasteiger partial charge in [0.2, 0.25) is 0 Å². The number of likely N-dealkylation sites (tertiary alicyclic amines) is 1. The molecule has 1 saturated heterocycles. The summed E-state index contributed by atoms with van der Waals surface area (Å²) in [6.45, 7) is 1.91. The summed E-state index contributed by atoms with van der Waals surface area (Å²) in [6, 6.07) is 11.1. The molecule has 0 saturated carbocycles. The summed E-state index contributed by atoms with van der Waals surface area (Å²) in [4.78, 5) is 2.43. The van der Waals surface area contributed by atoms with E-state index in [1.165, 1.54) is 12.0 Å². The zero-order valence-corrected chi connectivity index (χ0v) is 10.3. The quantitative estimate of drug-likeness (QED) is 0.687. The molecule has 90 valence electrons. The van der Waals surface area contributed by atoms with Crippen LogP contribution in [0, 0.1) is 0 Å². The van der Waals surface area contributed by atoms with Gasteiger partial charge in [-0.15, -0.1) is 0 Å². The van der Waals surface area contributed by atoms with Gasteiger partial charge in [0.1, 0.15) is 5.60 Å². The monoisotopic (exact) mass is 229 g/mol. The molecule has 0 amide bonds. The molecule has 1 fully saturated rings. The van der Waals surface area contributed by atoms with Gasteiger partial charge < -0.3 is 4.74 Å². The lowest BCUT2D eigenvalue weighted by Crippen LogP contribution is -2.48. The first kappa shape index (κ1) is 11.0. The molecule has 0 unspecified atom stereocenters. The Bertz CT molecular complexity index is 414. The van der Waals surface area contributed by atoms with Crippen molar-refractivity contribution >= 4 is 0 Å². The van der Waals surface area contributed by atoms with E-state index in [4.69, 9.17) is 4.74 Å². The Morgan fingerprint density at radius 2 is 2.12 bits per heavy atom. The summed E-state index contributed by atoms with van der Waals surface area (Å²) in [5.41, 5.74) is 1.27. The fourth-order valence-electron chi connectivity index (χ4n) is 3.24. The number of piperidine rings is 1. The highest BCUT2D eigenvalue weighted by atomic mass is 16.5. The van der Waals surface area contributed by atoms with Crippen LogP contribution in [0.1, 0.15) is 24.4 Å². The van der Waals surface area contributed by atoms with Gasteiger partial charge in [-0.25, -0.2) is 0 Å². The van der Waals surface area contributed by atoms with Gasteiger partial charge in [-0.05, 0) is 32.0 Å². The van der Waals surface area contributed by atoms with Crippen LogP contribution in [0.15, 0.2) is 42.5 Å². The molecule has 0 bridgehead atoms. The van der Waals surface area contributed by atoms with Crippen LogP contribution < -0.4 is 0 Å². The summed E-state index contributed by atoms with van der Waals surface area (Å²) in [5.74, 6) is 0. The fourth-order valence-corrected chi connectivity index (χ4v) is 3.24. The van der Waals surface area contributed by atoms with Crippen LogP contribution in [0.5, 0.6) is 0 Å². The van der Waals surface area contributed by atoms with E-state index in [0.29, 0.717) is 6.04 Å². The van der Waals surface area contributed by atoms with Gasteiger partial charge in [0.05, 0.1) is 12.6 Å². The Morgan fingerprint density at radius 1 is 1.29 bits per heavy atom. The van der Waals surface area contributed by atoms with Crippen molar-refractivity contribution in [1.82, 2.24) is 4.90 Å². The number of hydrogen-bond acceptors (Lipinski definition) is 2. The Hall–Kier alpha value is -1.12. The molecule has 2 atom stereocenters. The third-order valence-electron chi connectivity index (χ3n) is 3.95. The molecule has 2 heterocycles. The summed E-state index contributed by atoms with van der Waals surface area (Å²) >= 11 is 0. The fraction of sp³-hybridized carbons (Fsp3) is 0.467. The van der Waals surface area contributed by atoms with E-state index in [1.54, 1.807) is 0 Å². The van der Waals surface area contributed by atoms with Gasteiger partial charge in [-0.1, -0.05) is 42.5 Å². The number of hydrogen-bond donors (Lipinski definition) is 0. The Morgan fingerprint density at radius 3 is 2.82 bits per heavy atom. The van der Waals surface area contributed by atoms with Crippen molar-refractivity contribution in [1.29, 1.82) is 0 Å². The maximum atomic E-state index is 6.07. The minimum Gasteiger partial charge on any atom is -0.365 e. The van der Waals surface area contributed by atoms with Gasteiger partial charge in [-0.3, -0.25) is 4.90 Å². The normalized spacial score (nSPS) is 33.4. The topological polar surface area (TPSA) is 12.5 Å². The zero-order chi connectivity index (χ0) is 11.7. The first-order valence-electron chi connectivity index (χ1n) is 6.39. The van der Waals surface area contributed by atoms with Crippen molar-refractivity contribution in [2.75, 3.05) is 20.2 Å². The second-order valence-electron chi connectivity index (χ2n) is 5.07. The maximum absolute atomic E-state index is 6.07. The van der Waals surface area contributed by atoms with E-state index in [0.717, 1.165) is 19.6 Å². The number of benzene rings is 1. The molecule has 0 aliphatic carbocycles. The summed E-state index contributed by atoms with van der Waals surface area (Å²) < 4.78 is 6.07. The van der Waals surface area contributed by atoms with Crippen LogP contribution in [0.3, 0.4) is 0 Å². The SMILES string of the molecule is CN1CCC[C@@]2(C=CCO2)[C@@H]1c1ccccc1. The van der Waals surface area contributed by atoms with Crippen LogP contribution in [0.2, 0.25) is 0 Å². The molecule has 2 aliphatic heterocycles.